The van der Waals surface area contributed by atoms with Crippen LogP contribution in [0.15, 0.2) is 85.3 Å². The van der Waals surface area contributed by atoms with Gasteiger partial charge in [0.05, 0.1) is 12.5 Å². The van der Waals surface area contributed by atoms with E-state index < -0.39 is 0 Å². The van der Waals surface area contributed by atoms with E-state index in [1.807, 2.05) is 48.6 Å². The van der Waals surface area contributed by atoms with E-state index in [1.54, 1.807) is 12.5 Å². The Morgan fingerprint density at radius 2 is 1.10 bits per heavy atom. The topological polar surface area (TPSA) is 18.5 Å². The molecule has 0 aliphatic rings. The second-order valence-electron chi connectivity index (χ2n) is 4.57. The molecule has 2 rings (SSSR count). The van der Waals surface area contributed by atoms with Gasteiger partial charge >= 0.3 is 7.69 Å². The van der Waals surface area contributed by atoms with E-state index in [2.05, 4.69) is 24.3 Å². The first kappa shape index (κ1) is 15.0. The Labute approximate surface area is 127 Å². The second kappa shape index (κ2) is 9.48. The molecule has 0 amide bonds. The van der Waals surface area contributed by atoms with Crippen LogP contribution in [0.4, 0.5) is 0 Å². The molecule has 0 aliphatic carbocycles. The highest BCUT2D eigenvalue weighted by molar-refractivity contribution is 6.18. The van der Waals surface area contributed by atoms with Crippen LogP contribution in [0.25, 0.3) is 0 Å². The van der Waals surface area contributed by atoms with Gasteiger partial charge in [0.2, 0.25) is 0 Å². The lowest BCUT2D eigenvalue weighted by Crippen LogP contribution is -1.94. The highest BCUT2D eigenvalue weighted by atomic mass is 16.6. The van der Waals surface area contributed by atoms with Crippen molar-refractivity contribution >= 4 is 7.69 Å². The van der Waals surface area contributed by atoms with Crippen LogP contribution in [0.2, 0.25) is 0 Å². The number of hydrogen-bond acceptors (Lipinski definition) is 2. The number of benzene rings is 2. The summed E-state index contributed by atoms with van der Waals surface area (Å²) in [4.78, 5) is 0. The fourth-order valence-corrected chi connectivity index (χ4v) is 1.85. The summed E-state index contributed by atoms with van der Waals surface area (Å²) in [6.07, 6.45) is 9.05. The maximum absolute atomic E-state index is 5.25. The Bertz CT molecular complexity index is 498. The molecule has 0 atom stereocenters. The van der Waals surface area contributed by atoms with Crippen LogP contribution in [0.1, 0.15) is 11.1 Å². The van der Waals surface area contributed by atoms with E-state index in [0.29, 0.717) is 0 Å². The van der Waals surface area contributed by atoms with Crippen molar-refractivity contribution in [2.75, 3.05) is 0 Å². The summed E-state index contributed by atoms with van der Waals surface area (Å²) in [6.45, 7) is 0. The zero-order valence-electron chi connectivity index (χ0n) is 12.0. The molecule has 0 heterocycles. The molecule has 0 aromatic heterocycles. The minimum atomic E-state index is 0.233. The average molecular weight is 278 g/mol. The quantitative estimate of drug-likeness (QED) is 0.415. The molecule has 2 aromatic rings. The van der Waals surface area contributed by atoms with Crippen molar-refractivity contribution in [2.45, 2.75) is 12.8 Å². The Balaban J connectivity index is 1.54. The van der Waals surface area contributed by atoms with Crippen LogP contribution >= 0.6 is 0 Å². The van der Waals surface area contributed by atoms with Gasteiger partial charge in [0, 0.05) is 0 Å². The molecule has 0 fully saturated rings. The molecule has 0 saturated carbocycles. The zero-order chi connectivity index (χ0) is 14.6. The van der Waals surface area contributed by atoms with E-state index in [0.717, 1.165) is 12.8 Å². The van der Waals surface area contributed by atoms with Gasteiger partial charge in [-0.25, -0.2) is 0 Å². The lowest BCUT2D eigenvalue weighted by atomic mass is 10.1. The van der Waals surface area contributed by atoms with E-state index >= 15 is 0 Å². The summed E-state index contributed by atoms with van der Waals surface area (Å²) in [7, 11) is 0.233. The molecule has 0 aliphatic heterocycles. The fourth-order valence-electron chi connectivity index (χ4n) is 1.85. The van der Waals surface area contributed by atoms with Gasteiger partial charge in [0.1, 0.15) is 0 Å². The minimum Gasteiger partial charge on any atom is -0.535 e. The molecule has 3 heteroatoms. The lowest BCUT2D eigenvalue weighted by Gasteiger charge is -1.99. The molecule has 2 nitrogen and oxygen atoms in total. The van der Waals surface area contributed by atoms with Crippen molar-refractivity contribution in [1.82, 2.24) is 0 Å². The average Bonchev–Trinajstić information content (AvgIpc) is 2.55. The maximum atomic E-state index is 5.25. The van der Waals surface area contributed by atoms with Gasteiger partial charge < -0.3 is 9.31 Å². The zero-order valence-corrected chi connectivity index (χ0v) is 12.0. The van der Waals surface area contributed by atoms with Crippen molar-refractivity contribution < 1.29 is 9.31 Å². The Morgan fingerprint density at radius 3 is 1.52 bits per heavy atom. The predicted molar refractivity (Wildman–Crippen MR) is 87.9 cm³/mol. The van der Waals surface area contributed by atoms with Crippen LogP contribution in [-0.2, 0) is 22.2 Å². The van der Waals surface area contributed by atoms with Crippen LogP contribution in [0.3, 0.4) is 0 Å². The third kappa shape index (κ3) is 6.53. The molecule has 0 radical (unpaired) electrons. The Morgan fingerprint density at radius 1 is 0.667 bits per heavy atom. The van der Waals surface area contributed by atoms with Crippen molar-refractivity contribution in [3.05, 3.63) is 96.5 Å². The molecule has 0 bridgehead atoms. The largest absolute Gasteiger partial charge is 0.575 e. The molecule has 106 valence electrons. The molecule has 0 N–H and O–H groups in total. The maximum Gasteiger partial charge on any atom is 0.575 e. The molecular weight excluding hydrogens is 259 g/mol. The lowest BCUT2D eigenvalue weighted by molar-refractivity contribution is 0.374. The predicted octanol–water partition coefficient (Wildman–Crippen LogP) is 3.80. The summed E-state index contributed by atoms with van der Waals surface area (Å²) >= 11 is 0. The van der Waals surface area contributed by atoms with Gasteiger partial charge in [-0.1, -0.05) is 60.7 Å². The van der Waals surface area contributed by atoms with Gasteiger partial charge in [-0.2, -0.15) is 0 Å². The molecule has 0 spiro atoms. The first-order valence-corrected chi connectivity index (χ1v) is 7.06. The SMILES string of the molecule is B(OC=CCc1ccccc1)OC=CCc1ccccc1. The molecule has 2 aromatic carbocycles. The Hall–Kier alpha value is -2.42. The van der Waals surface area contributed by atoms with E-state index in [4.69, 9.17) is 9.31 Å². The van der Waals surface area contributed by atoms with E-state index in [1.165, 1.54) is 11.1 Å². The van der Waals surface area contributed by atoms with Gasteiger partial charge in [0.25, 0.3) is 0 Å². The summed E-state index contributed by atoms with van der Waals surface area (Å²) < 4.78 is 10.5. The third-order valence-corrected chi connectivity index (χ3v) is 2.91. The van der Waals surface area contributed by atoms with Crippen molar-refractivity contribution in [2.24, 2.45) is 0 Å². The summed E-state index contributed by atoms with van der Waals surface area (Å²) in [5.41, 5.74) is 2.53. The van der Waals surface area contributed by atoms with Gasteiger partial charge in [0.15, 0.2) is 0 Å². The number of hydrogen-bond donors (Lipinski definition) is 0. The van der Waals surface area contributed by atoms with Gasteiger partial charge in [-0.3, -0.25) is 0 Å². The highest BCUT2D eigenvalue weighted by Gasteiger charge is 1.89. The standard InChI is InChI=1S/C18H19BO2/c1-3-9-17(10-4-1)13-7-15-20-19-21-16-8-14-18-11-5-2-6-12-18/h1-12,15-16,19H,13-14H2. The molecular formula is C18H19BO2. The summed E-state index contributed by atoms with van der Waals surface area (Å²) in [5.74, 6) is 0. The normalized spacial score (nSPS) is 10.9. The first-order chi connectivity index (χ1) is 10.4. The summed E-state index contributed by atoms with van der Waals surface area (Å²) in [6, 6.07) is 20.5. The van der Waals surface area contributed by atoms with E-state index in [9.17, 15) is 0 Å². The molecule has 0 saturated heterocycles. The van der Waals surface area contributed by atoms with Crippen LogP contribution < -0.4 is 0 Å². The minimum absolute atomic E-state index is 0.233. The number of allylic oxidation sites excluding steroid dienone is 2. The second-order valence-corrected chi connectivity index (χ2v) is 4.57. The Kier molecular flexibility index (Phi) is 6.77. The summed E-state index contributed by atoms with van der Waals surface area (Å²) in [5, 5.41) is 0. The van der Waals surface area contributed by atoms with E-state index in [-0.39, 0.29) is 7.69 Å². The van der Waals surface area contributed by atoms with Crippen LogP contribution in [0.5, 0.6) is 0 Å². The van der Waals surface area contributed by atoms with Gasteiger partial charge in [-0.15, -0.1) is 0 Å². The molecule has 21 heavy (non-hydrogen) atoms. The molecule has 0 unspecified atom stereocenters. The first-order valence-electron chi connectivity index (χ1n) is 7.06. The highest BCUT2D eigenvalue weighted by Crippen LogP contribution is 2.01. The van der Waals surface area contributed by atoms with Crippen LogP contribution in [-0.4, -0.2) is 7.69 Å². The van der Waals surface area contributed by atoms with Crippen molar-refractivity contribution in [3.8, 4) is 0 Å². The van der Waals surface area contributed by atoms with Crippen molar-refractivity contribution in [1.29, 1.82) is 0 Å². The van der Waals surface area contributed by atoms with Crippen LogP contribution in [0, 0.1) is 0 Å². The van der Waals surface area contributed by atoms with Gasteiger partial charge in [-0.05, 0) is 36.1 Å². The van der Waals surface area contributed by atoms with Crippen molar-refractivity contribution in [3.63, 3.8) is 0 Å². The fraction of sp³-hybridized carbons (Fsp3) is 0.111. The third-order valence-electron chi connectivity index (χ3n) is 2.91. The number of rotatable bonds is 8. The smallest absolute Gasteiger partial charge is 0.535 e. The monoisotopic (exact) mass is 278 g/mol.